The molecule has 0 spiro atoms. The lowest BCUT2D eigenvalue weighted by Crippen LogP contribution is -2.24. The molecule has 0 radical (unpaired) electrons. The first-order valence-corrected chi connectivity index (χ1v) is 5.06. The Bertz CT molecular complexity index is 427. The maximum Gasteiger partial charge on any atom is 0.341 e. The van der Waals surface area contributed by atoms with E-state index in [0.717, 1.165) is 6.07 Å². The molecule has 0 heterocycles. The summed E-state index contributed by atoms with van der Waals surface area (Å²) in [6.45, 7) is 5.09. The number of carbonyl (C=O) groups excluding carboxylic acids is 1. The van der Waals surface area contributed by atoms with Crippen molar-refractivity contribution in [1.29, 1.82) is 0 Å². The Morgan fingerprint density at radius 1 is 1.44 bits per heavy atom. The molecular weight excluding hydrogens is 233 g/mol. The lowest BCUT2D eigenvalue weighted by Gasteiger charge is -2.19. The smallest absolute Gasteiger partial charge is 0.341 e. The topological polar surface area (TPSA) is 52.3 Å². The zero-order valence-electron chi connectivity index (χ0n) is 9.30. The van der Waals surface area contributed by atoms with E-state index in [2.05, 4.69) is 0 Å². The van der Waals surface area contributed by atoms with E-state index in [0.29, 0.717) is 0 Å². The van der Waals surface area contributed by atoms with Crippen LogP contribution in [0.25, 0.3) is 0 Å². The quantitative estimate of drug-likeness (QED) is 0.611. The molecular formula is C11H13ClFNO2. The maximum atomic E-state index is 13.4. The SMILES string of the molecule is CC(C)(C)OC(=O)c1cc(Cl)c(N)cc1F. The predicted octanol–water partition coefficient (Wildman–Crippen LogP) is 3.02. The van der Waals surface area contributed by atoms with Crippen LogP contribution in [0.5, 0.6) is 0 Å². The van der Waals surface area contributed by atoms with Crippen LogP contribution in [0.4, 0.5) is 10.1 Å². The molecule has 88 valence electrons. The Hall–Kier alpha value is -1.29. The van der Waals surface area contributed by atoms with E-state index in [1.54, 1.807) is 20.8 Å². The summed E-state index contributed by atoms with van der Waals surface area (Å²) < 4.78 is 18.4. The first kappa shape index (κ1) is 12.8. The molecule has 0 fully saturated rings. The van der Waals surface area contributed by atoms with Crippen LogP contribution in [0.2, 0.25) is 5.02 Å². The van der Waals surface area contributed by atoms with Crippen molar-refractivity contribution in [3.8, 4) is 0 Å². The molecule has 1 rings (SSSR count). The number of hydrogen-bond acceptors (Lipinski definition) is 3. The van der Waals surface area contributed by atoms with Crippen LogP contribution in [0.3, 0.4) is 0 Å². The Morgan fingerprint density at radius 3 is 2.50 bits per heavy atom. The van der Waals surface area contributed by atoms with Gasteiger partial charge in [0.05, 0.1) is 16.3 Å². The van der Waals surface area contributed by atoms with Crippen molar-refractivity contribution in [3.63, 3.8) is 0 Å². The fraction of sp³-hybridized carbons (Fsp3) is 0.364. The van der Waals surface area contributed by atoms with Gasteiger partial charge in [-0.25, -0.2) is 9.18 Å². The number of ether oxygens (including phenoxy) is 1. The molecule has 16 heavy (non-hydrogen) atoms. The van der Waals surface area contributed by atoms with Gasteiger partial charge in [0.2, 0.25) is 0 Å². The average molecular weight is 246 g/mol. The Labute approximate surface area is 98.3 Å². The summed E-state index contributed by atoms with van der Waals surface area (Å²) in [4.78, 5) is 11.6. The van der Waals surface area contributed by atoms with Crippen LogP contribution in [-0.4, -0.2) is 11.6 Å². The van der Waals surface area contributed by atoms with Crippen LogP contribution < -0.4 is 5.73 Å². The Morgan fingerprint density at radius 2 is 2.00 bits per heavy atom. The van der Waals surface area contributed by atoms with Gasteiger partial charge in [-0.1, -0.05) is 11.6 Å². The van der Waals surface area contributed by atoms with Gasteiger partial charge in [-0.05, 0) is 32.9 Å². The van der Waals surface area contributed by atoms with Crippen LogP contribution in [0.15, 0.2) is 12.1 Å². The van der Waals surface area contributed by atoms with E-state index in [-0.39, 0.29) is 16.3 Å². The molecule has 0 saturated heterocycles. The highest BCUT2D eigenvalue weighted by atomic mass is 35.5. The minimum absolute atomic E-state index is 0.0893. The highest BCUT2D eigenvalue weighted by Gasteiger charge is 2.21. The molecule has 0 aliphatic carbocycles. The van der Waals surface area contributed by atoms with E-state index in [1.165, 1.54) is 6.07 Å². The molecule has 3 nitrogen and oxygen atoms in total. The van der Waals surface area contributed by atoms with Crippen LogP contribution in [0, 0.1) is 5.82 Å². The summed E-state index contributed by atoms with van der Waals surface area (Å²) in [5.74, 6) is -1.50. The largest absolute Gasteiger partial charge is 0.456 e. The number of anilines is 1. The molecule has 1 aromatic rings. The first-order valence-electron chi connectivity index (χ1n) is 4.68. The van der Waals surface area contributed by atoms with Crippen LogP contribution in [-0.2, 0) is 4.74 Å². The standard InChI is InChI=1S/C11H13ClFNO2/c1-11(2,3)16-10(15)6-4-7(12)9(14)5-8(6)13/h4-5H,14H2,1-3H3. The molecule has 0 saturated carbocycles. The summed E-state index contributed by atoms with van der Waals surface area (Å²) in [5, 5.41) is 0.127. The van der Waals surface area contributed by atoms with Gasteiger partial charge in [0.25, 0.3) is 0 Å². The van der Waals surface area contributed by atoms with Crippen molar-refractivity contribution in [3.05, 3.63) is 28.5 Å². The zero-order valence-corrected chi connectivity index (χ0v) is 10.1. The molecule has 0 atom stereocenters. The molecule has 0 aromatic heterocycles. The molecule has 0 aliphatic heterocycles. The Kier molecular flexibility index (Phi) is 3.43. The van der Waals surface area contributed by atoms with Crippen molar-refractivity contribution in [2.24, 2.45) is 0 Å². The number of carbonyl (C=O) groups is 1. The number of esters is 1. The number of hydrogen-bond donors (Lipinski definition) is 1. The summed E-state index contributed by atoms with van der Waals surface area (Å²) in [5.41, 5.74) is 4.59. The van der Waals surface area contributed by atoms with Gasteiger partial charge in [-0.2, -0.15) is 0 Å². The monoisotopic (exact) mass is 245 g/mol. The van der Waals surface area contributed by atoms with Crippen molar-refractivity contribution in [1.82, 2.24) is 0 Å². The highest BCUT2D eigenvalue weighted by molar-refractivity contribution is 6.33. The van der Waals surface area contributed by atoms with E-state index in [9.17, 15) is 9.18 Å². The third kappa shape index (κ3) is 3.10. The fourth-order valence-corrected chi connectivity index (χ4v) is 1.22. The molecule has 5 heteroatoms. The van der Waals surface area contributed by atoms with Crippen LogP contribution >= 0.6 is 11.6 Å². The summed E-state index contributed by atoms with van der Waals surface area (Å²) in [7, 11) is 0. The van der Waals surface area contributed by atoms with Crippen molar-refractivity contribution >= 4 is 23.3 Å². The van der Waals surface area contributed by atoms with E-state index < -0.39 is 17.4 Å². The van der Waals surface area contributed by atoms with E-state index >= 15 is 0 Å². The molecule has 2 N–H and O–H groups in total. The van der Waals surface area contributed by atoms with Crippen molar-refractivity contribution in [2.75, 3.05) is 5.73 Å². The van der Waals surface area contributed by atoms with Gasteiger partial charge in [0, 0.05) is 0 Å². The number of nitrogens with two attached hydrogens (primary N) is 1. The predicted molar refractivity (Wildman–Crippen MR) is 61.0 cm³/mol. The molecule has 0 aliphatic rings. The van der Waals surface area contributed by atoms with Gasteiger partial charge < -0.3 is 10.5 Å². The van der Waals surface area contributed by atoms with Gasteiger partial charge in [0.1, 0.15) is 11.4 Å². The zero-order chi connectivity index (χ0) is 12.5. The third-order valence-electron chi connectivity index (χ3n) is 1.71. The Balaban J connectivity index is 3.05. The summed E-state index contributed by atoms with van der Waals surface area (Å²) in [6, 6.07) is 2.17. The normalized spacial score (nSPS) is 11.3. The molecule has 0 unspecified atom stereocenters. The average Bonchev–Trinajstić information content (AvgIpc) is 2.08. The summed E-state index contributed by atoms with van der Waals surface area (Å²) in [6.07, 6.45) is 0. The van der Waals surface area contributed by atoms with E-state index in [4.69, 9.17) is 22.1 Å². The second-order valence-electron chi connectivity index (χ2n) is 4.36. The number of halogens is 2. The lowest BCUT2D eigenvalue weighted by molar-refractivity contribution is 0.00648. The second-order valence-corrected chi connectivity index (χ2v) is 4.76. The lowest BCUT2D eigenvalue weighted by atomic mass is 10.1. The van der Waals surface area contributed by atoms with Gasteiger partial charge in [-0.3, -0.25) is 0 Å². The maximum absolute atomic E-state index is 13.4. The number of benzene rings is 1. The first-order chi connectivity index (χ1) is 7.20. The van der Waals surface area contributed by atoms with Crippen molar-refractivity contribution in [2.45, 2.75) is 26.4 Å². The van der Waals surface area contributed by atoms with E-state index in [1.807, 2.05) is 0 Å². The number of nitrogen functional groups attached to an aromatic ring is 1. The fourth-order valence-electron chi connectivity index (χ4n) is 1.05. The molecule has 0 amide bonds. The molecule has 0 bridgehead atoms. The minimum atomic E-state index is -0.758. The van der Waals surface area contributed by atoms with Gasteiger partial charge in [0.15, 0.2) is 0 Å². The van der Waals surface area contributed by atoms with Crippen molar-refractivity contribution < 1.29 is 13.9 Å². The second kappa shape index (κ2) is 4.29. The van der Waals surface area contributed by atoms with Crippen LogP contribution in [0.1, 0.15) is 31.1 Å². The molecule has 1 aromatic carbocycles. The third-order valence-corrected chi connectivity index (χ3v) is 2.03. The van der Waals surface area contributed by atoms with Gasteiger partial charge in [-0.15, -0.1) is 0 Å². The summed E-state index contributed by atoms with van der Waals surface area (Å²) >= 11 is 5.70. The minimum Gasteiger partial charge on any atom is -0.456 e. The highest BCUT2D eigenvalue weighted by Crippen LogP contribution is 2.24. The number of rotatable bonds is 1. The van der Waals surface area contributed by atoms with Gasteiger partial charge >= 0.3 is 5.97 Å².